The summed E-state index contributed by atoms with van der Waals surface area (Å²) >= 11 is 3.00. The Morgan fingerprint density at radius 3 is 2.70 bits per heavy atom. The first-order chi connectivity index (χ1) is 9.28. The molecule has 1 unspecified atom stereocenters. The zero-order valence-corrected chi connectivity index (χ0v) is 12.5. The summed E-state index contributed by atoms with van der Waals surface area (Å²) in [4.78, 5) is 11.8. The van der Waals surface area contributed by atoms with Crippen molar-refractivity contribution in [2.75, 3.05) is 11.9 Å². The molecule has 0 aliphatic carbocycles. The van der Waals surface area contributed by atoms with Crippen LogP contribution in [-0.4, -0.2) is 28.5 Å². The first-order valence-corrected chi connectivity index (χ1v) is 6.86. The van der Waals surface area contributed by atoms with Gasteiger partial charge in [0.2, 0.25) is 0 Å². The molecule has 1 heterocycles. The van der Waals surface area contributed by atoms with Crippen LogP contribution >= 0.6 is 15.9 Å². The molecule has 0 bridgehead atoms. The van der Waals surface area contributed by atoms with Crippen LogP contribution in [-0.2, 0) is 6.54 Å². The van der Waals surface area contributed by atoms with Crippen molar-refractivity contribution < 1.29 is 13.2 Å². The standard InChI is InChI=1S/C11H16BrF3N4O/c1-2-3-7(4-16)18-8-5-17-19(6-11(13,14)15)10(20)9(8)12/h5,7,18H,2-4,6,16H2,1H3. The van der Waals surface area contributed by atoms with Gasteiger partial charge in [-0.3, -0.25) is 4.79 Å². The third kappa shape index (κ3) is 4.78. The van der Waals surface area contributed by atoms with E-state index in [-0.39, 0.29) is 10.5 Å². The first-order valence-electron chi connectivity index (χ1n) is 6.07. The predicted octanol–water partition coefficient (Wildman–Crippen LogP) is 2.11. The molecule has 0 saturated heterocycles. The Hall–Kier alpha value is -1.09. The summed E-state index contributed by atoms with van der Waals surface area (Å²) in [5.74, 6) is 0. The summed E-state index contributed by atoms with van der Waals surface area (Å²) in [6, 6.07) is -0.0593. The second-order valence-electron chi connectivity index (χ2n) is 4.32. The summed E-state index contributed by atoms with van der Waals surface area (Å²) in [6.45, 7) is 0.921. The number of aromatic nitrogens is 2. The van der Waals surface area contributed by atoms with E-state index in [9.17, 15) is 18.0 Å². The third-order valence-electron chi connectivity index (χ3n) is 2.60. The van der Waals surface area contributed by atoms with Gasteiger partial charge in [0.05, 0.1) is 11.9 Å². The van der Waals surface area contributed by atoms with Crippen LogP contribution in [0.15, 0.2) is 15.5 Å². The lowest BCUT2D eigenvalue weighted by Crippen LogP contribution is -2.33. The van der Waals surface area contributed by atoms with Gasteiger partial charge in [-0.15, -0.1) is 0 Å². The van der Waals surface area contributed by atoms with Crippen molar-refractivity contribution >= 4 is 21.6 Å². The topological polar surface area (TPSA) is 72.9 Å². The molecule has 0 aliphatic heterocycles. The molecule has 0 radical (unpaired) electrons. The van der Waals surface area contributed by atoms with E-state index < -0.39 is 18.3 Å². The van der Waals surface area contributed by atoms with Crippen LogP contribution in [0.25, 0.3) is 0 Å². The van der Waals surface area contributed by atoms with Crippen LogP contribution in [0.2, 0.25) is 0 Å². The van der Waals surface area contributed by atoms with Crippen molar-refractivity contribution in [3.8, 4) is 0 Å². The van der Waals surface area contributed by atoms with E-state index >= 15 is 0 Å². The van der Waals surface area contributed by atoms with Crippen molar-refractivity contribution in [3.05, 3.63) is 21.0 Å². The highest BCUT2D eigenvalue weighted by atomic mass is 79.9. The number of nitrogens with two attached hydrogens (primary N) is 1. The van der Waals surface area contributed by atoms with E-state index in [1.165, 1.54) is 6.20 Å². The molecule has 114 valence electrons. The Balaban J connectivity index is 2.97. The van der Waals surface area contributed by atoms with Crippen LogP contribution < -0.4 is 16.6 Å². The normalized spacial score (nSPS) is 13.3. The maximum Gasteiger partial charge on any atom is 0.408 e. The summed E-state index contributed by atoms with van der Waals surface area (Å²) in [5, 5.41) is 6.52. The molecule has 9 heteroatoms. The van der Waals surface area contributed by atoms with Gasteiger partial charge in [-0.25, -0.2) is 4.68 Å². The van der Waals surface area contributed by atoms with Gasteiger partial charge in [-0.1, -0.05) is 13.3 Å². The van der Waals surface area contributed by atoms with Crippen LogP contribution in [0.5, 0.6) is 0 Å². The first kappa shape index (κ1) is 17.0. The quantitative estimate of drug-likeness (QED) is 0.818. The fourth-order valence-electron chi connectivity index (χ4n) is 1.67. The van der Waals surface area contributed by atoms with Gasteiger partial charge < -0.3 is 11.1 Å². The van der Waals surface area contributed by atoms with E-state index in [2.05, 4.69) is 26.3 Å². The molecule has 1 atom stereocenters. The fourth-order valence-corrected chi connectivity index (χ4v) is 2.09. The van der Waals surface area contributed by atoms with Gasteiger partial charge in [0.25, 0.3) is 5.56 Å². The Kier molecular flexibility index (Phi) is 6.00. The van der Waals surface area contributed by atoms with Gasteiger partial charge in [0, 0.05) is 12.6 Å². The summed E-state index contributed by atoms with van der Waals surface area (Å²) < 4.78 is 37.2. The highest BCUT2D eigenvalue weighted by Gasteiger charge is 2.29. The fraction of sp³-hybridized carbons (Fsp3) is 0.636. The van der Waals surface area contributed by atoms with E-state index in [1.54, 1.807) is 0 Å². The Labute approximate surface area is 122 Å². The smallest absolute Gasteiger partial charge is 0.379 e. The molecule has 0 aliphatic rings. The van der Waals surface area contributed by atoms with Crippen molar-refractivity contribution in [1.82, 2.24) is 9.78 Å². The molecule has 1 aromatic heterocycles. The zero-order valence-electron chi connectivity index (χ0n) is 10.9. The molecule has 0 spiro atoms. The SMILES string of the molecule is CCCC(CN)Nc1cnn(CC(F)(F)F)c(=O)c1Br. The largest absolute Gasteiger partial charge is 0.408 e. The molecule has 0 saturated carbocycles. The lowest BCUT2D eigenvalue weighted by Gasteiger charge is -2.18. The number of nitrogens with zero attached hydrogens (tertiary/aromatic N) is 2. The highest BCUT2D eigenvalue weighted by molar-refractivity contribution is 9.10. The van der Waals surface area contributed by atoms with Gasteiger partial charge >= 0.3 is 6.18 Å². The number of hydrogen-bond donors (Lipinski definition) is 2. The van der Waals surface area contributed by atoms with Crippen LogP contribution in [0.3, 0.4) is 0 Å². The second kappa shape index (κ2) is 7.07. The summed E-state index contributed by atoms with van der Waals surface area (Å²) in [5.41, 5.74) is 5.09. The highest BCUT2D eigenvalue weighted by Crippen LogP contribution is 2.20. The number of halogens is 4. The molecule has 0 amide bonds. The van der Waals surface area contributed by atoms with Crippen molar-refractivity contribution in [1.29, 1.82) is 0 Å². The minimum absolute atomic E-state index is 0.0197. The van der Waals surface area contributed by atoms with E-state index in [4.69, 9.17) is 5.73 Å². The Morgan fingerprint density at radius 1 is 1.55 bits per heavy atom. The predicted molar refractivity (Wildman–Crippen MR) is 73.6 cm³/mol. The maximum absolute atomic E-state index is 12.3. The molecule has 1 rings (SSSR count). The number of rotatable bonds is 6. The van der Waals surface area contributed by atoms with Crippen LogP contribution in [0.1, 0.15) is 19.8 Å². The van der Waals surface area contributed by atoms with Crippen LogP contribution in [0, 0.1) is 0 Å². The lowest BCUT2D eigenvalue weighted by atomic mass is 10.1. The number of alkyl halides is 3. The lowest BCUT2D eigenvalue weighted by molar-refractivity contribution is -0.143. The molecular weight excluding hydrogens is 341 g/mol. The summed E-state index contributed by atoms with van der Waals surface area (Å²) in [7, 11) is 0. The molecule has 0 fully saturated rings. The average molecular weight is 357 g/mol. The van der Waals surface area contributed by atoms with Gasteiger partial charge in [-0.05, 0) is 22.4 Å². The monoisotopic (exact) mass is 356 g/mol. The minimum Gasteiger partial charge on any atom is -0.379 e. The zero-order chi connectivity index (χ0) is 15.3. The molecule has 3 N–H and O–H groups in total. The van der Waals surface area contributed by atoms with E-state index in [0.717, 1.165) is 12.8 Å². The minimum atomic E-state index is -4.49. The molecular formula is C11H16BrF3N4O. The van der Waals surface area contributed by atoms with E-state index in [0.29, 0.717) is 16.9 Å². The second-order valence-corrected chi connectivity index (χ2v) is 5.11. The molecule has 20 heavy (non-hydrogen) atoms. The van der Waals surface area contributed by atoms with Crippen molar-refractivity contribution in [2.24, 2.45) is 5.73 Å². The van der Waals surface area contributed by atoms with Crippen molar-refractivity contribution in [2.45, 2.75) is 38.5 Å². The molecule has 5 nitrogen and oxygen atoms in total. The maximum atomic E-state index is 12.3. The Morgan fingerprint density at radius 2 is 2.20 bits per heavy atom. The van der Waals surface area contributed by atoms with Crippen LogP contribution in [0.4, 0.5) is 18.9 Å². The molecule has 0 aromatic carbocycles. The van der Waals surface area contributed by atoms with Crippen molar-refractivity contribution in [3.63, 3.8) is 0 Å². The molecule has 1 aromatic rings. The van der Waals surface area contributed by atoms with Gasteiger partial charge in [0.1, 0.15) is 11.0 Å². The number of nitrogens with one attached hydrogen (secondary N) is 1. The van der Waals surface area contributed by atoms with Gasteiger partial charge in [0.15, 0.2) is 0 Å². The number of anilines is 1. The van der Waals surface area contributed by atoms with Gasteiger partial charge in [-0.2, -0.15) is 18.3 Å². The Bertz CT molecular complexity index is 503. The summed E-state index contributed by atoms with van der Waals surface area (Å²) in [6.07, 6.45) is -1.62. The third-order valence-corrected chi connectivity index (χ3v) is 3.36. The van der Waals surface area contributed by atoms with E-state index in [1.807, 2.05) is 6.92 Å². The average Bonchev–Trinajstić information content (AvgIpc) is 2.36. The number of hydrogen-bond acceptors (Lipinski definition) is 4.